The Morgan fingerprint density at radius 1 is 0.714 bits per heavy atom. The predicted molar refractivity (Wildman–Crippen MR) is 87.2 cm³/mol. The fourth-order valence-corrected chi connectivity index (χ4v) is 1.61. The van der Waals surface area contributed by atoms with Crippen LogP contribution in [0.15, 0.2) is 0 Å². The summed E-state index contributed by atoms with van der Waals surface area (Å²) in [5, 5.41) is 0. The van der Waals surface area contributed by atoms with E-state index in [0.717, 1.165) is 0 Å². The van der Waals surface area contributed by atoms with E-state index in [4.69, 9.17) is 14.2 Å². The molecule has 122 valence electrons. The Kier molecular flexibility index (Phi) is 12.8. The lowest BCUT2D eigenvalue weighted by Crippen LogP contribution is -2.20. The van der Waals surface area contributed by atoms with E-state index >= 15 is 0 Å². The summed E-state index contributed by atoms with van der Waals surface area (Å²) >= 11 is 11.4. The molecule has 0 heterocycles. The molecule has 0 atom stereocenters. The molecule has 0 fully saturated rings. The Morgan fingerprint density at radius 3 is 1.48 bits per heavy atom. The van der Waals surface area contributed by atoms with Crippen LogP contribution in [0.5, 0.6) is 0 Å². The highest BCUT2D eigenvalue weighted by Gasteiger charge is 2.14. The van der Waals surface area contributed by atoms with Gasteiger partial charge in [0.2, 0.25) is 0 Å². The van der Waals surface area contributed by atoms with Crippen LogP contribution in [0.25, 0.3) is 0 Å². The fourth-order valence-electron chi connectivity index (χ4n) is 1.34. The molecule has 0 amide bonds. The topological polar surface area (TPSA) is 78.9 Å². The van der Waals surface area contributed by atoms with Crippen molar-refractivity contribution in [3.8, 4) is 0 Å². The average molecular weight is 356 g/mol. The van der Waals surface area contributed by atoms with E-state index in [9.17, 15) is 14.4 Å². The number of rotatable bonds is 11. The molecule has 0 N–H and O–H groups in total. The maximum absolute atomic E-state index is 11.1. The number of ether oxygens (including phenoxy) is 3. The van der Waals surface area contributed by atoms with Crippen molar-refractivity contribution in [1.82, 2.24) is 0 Å². The molecule has 0 aliphatic rings. The molecular formula is C12H20O6S3. The van der Waals surface area contributed by atoms with E-state index in [1.807, 2.05) is 0 Å². The SMILES string of the molecule is O=C(CS)OCCC(CCOC(=O)CS)COC(=O)CS. The highest BCUT2D eigenvalue weighted by atomic mass is 32.1. The molecule has 0 bridgehead atoms. The van der Waals surface area contributed by atoms with Crippen LogP contribution in [0.3, 0.4) is 0 Å². The molecule has 0 aliphatic carbocycles. The third-order valence-corrected chi connectivity index (χ3v) is 3.22. The van der Waals surface area contributed by atoms with Gasteiger partial charge in [0.05, 0.1) is 37.1 Å². The molecule has 0 rings (SSSR count). The number of esters is 3. The van der Waals surface area contributed by atoms with Gasteiger partial charge in [0.25, 0.3) is 0 Å². The second-order valence-corrected chi connectivity index (χ2v) is 4.99. The van der Waals surface area contributed by atoms with Crippen molar-refractivity contribution in [1.29, 1.82) is 0 Å². The molecule has 0 spiro atoms. The molecule has 0 aromatic rings. The number of thiol groups is 3. The molecule has 0 aliphatic heterocycles. The Morgan fingerprint density at radius 2 is 1.10 bits per heavy atom. The quantitative estimate of drug-likeness (QED) is 0.289. The highest BCUT2D eigenvalue weighted by molar-refractivity contribution is 7.81. The number of hydrogen-bond acceptors (Lipinski definition) is 9. The summed E-state index contributed by atoms with van der Waals surface area (Å²) < 4.78 is 14.8. The first-order chi connectivity index (χ1) is 10.0. The largest absolute Gasteiger partial charge is 0.465 e. The summed E-state index contributed by atoms with van der Waals surface area (Å²) in [7, 11) is 0. The van der Waals surface area contributed by atoms with E-state index in [1.165, 1.54) is 0 Å². The van der Waals surface area contributed by atoms with Crippen LogP contribution < -0.4 is 0 Å². The van der Waals surface area contributed by atoms with Crippen molar-refractivity contribution in [2.75, 3.05) is 37.1 Å². The lowest BCUT2D eigenvalue weighted by molar-refractivity contribution is -0.145. The van der Waals surface area contributed by atoms with Gasteiger partial charge in [-0.25, -0.2) is 0 Å². The third-order valence-electron chi connectivity index (χ3n) is 2.45. The Hall–Kier alpha value is -0.540. The van der Waals surface area contributed by atoms with Crippen molar-refractivity contribution >= 4 is 55.8 Å². The Labute approximate surface area is 140 Å². The second kappa shape index (κ2) is 13.1. The molecule has 21 heavy (non-hydrogen) atoms. The van der Waals surface area contributed by atoms with E-state index in [1.54, 1.807) is 0 Å². The molecule has 0 saturated carbocycles. The fraction of sp³-hybridized carbons (Fsp3) is 0.750. The zero-order valence-corrected chi connectivity index (χ0v) is 14.2. The first-order valence-electron chi connectivity index (χ1n) is 6.32. The minimum Gasteiger partial charge on any atom is -0.465 e. The van der Waals surface area contributed by atoms with E-state index in [2.05, 4.69) is 37.9 Å². The molecule has 0 radical (unpaired) electrons. The summed E-state index contributed by atoms with van der Waals surface area (Å²) in [6.45, 7) is 0.558. The van der Waals surface area contributed by atoms with Crippen LogP contribution in [0.1, 0.15) is 12.8 Å². The Balaban J connectivity index is 4.10. The van der Waals surface area contributed by atoms with Gasteiger partial charge in [-0.1, -0.05) is 0 Å². The molecular weight excluding hydrogens is 336 g/mol. The number of hydrogen-bond donors (Lipinski definition) is 3. The summed E-state index contributed by atoms with van der Waals surface area (Å²) in [6.07, 6.45) is 0.996. The van der Waals surface area contributed by atoms with Gasteiger partial charge in [0.15, 0.2) is 0 Å². The third kappa shape index (κ3) is 11.8. The van der Waals surface area contributed by atoms with Crippen molar-refractivity contribution in [2.24, 2.45) is 5.92 Å². The van der Waals surface area contributed by atoms with Gasteiger partial charge in [-0.15, -0.1) is 0 Å². The minimum absolute atomic E-state index is 0.00397. The summed E-state index contributed by atoms with van der Waals surface area (Å²) in [6, 6.07) is 0. The van der Waals surface area contributed by atoms with Crippen LogP contribution in [0.4, 0.5) is 0 Å². The highest BCUT2D eigenvalue weighted by Crippen LogP contribution is 2.11. The normalized spacial score (nSPS) is 10.3. The number of carbonyl (C=O) groups is 3. The maximum atomic E-state index is 11.1. The number of carbonyl (C=O) groups excluding carboxylic acids is 3. The summed E-state index contributed by atoms with van der Waals surface area (Å²) in [4.78, 5) is 33.0. The van der Waals surface area contributed by atoms with Crippen molar-refractivity contribution in [3.05, 3.63) is 0 Å². The summed E-state index contributed by atoms with van der Waals surface area (Å²) in [5.41, 5.74) is 0. The first kappa shape index (κ1) is 20.5. The van der Waals surface area contributed by atoms with Crippen LogP contribution in [0, 0.1) is 5.92 Å². The lowest BCUT2D eigenvalue weighted by atomic mass is 10.0. The Bertz CT molecular complexity index is 315. The van der Waals surface area contributed by atoms with Crippen LogP contribution >= 0.6 is 37.9 Å². The van der Waals surface area contributed by atoms with E-state index < -0.39 is 17.9 Å². The molecule has 0 aromatic carbocycles. The smallest absolute Gasteiger partial charge is 0.315 e. The van der Waals surface area contributed by atoms with Gasteiger partial charge in [-0.2, -0.15) is 37.9 Å². The molecule has 9 heteroatoms. The molecule has 0 saturated heterocycles. The van der Waals surface area contributed by atoms with Gasteiger partial charge >= 0.3 is 17.9 Å². The van der Waals surface area contributed by atoms with E-state index in [-0.39, 0.29) is 43.0 Å². The summed E-state index contributed by atoms with van der Waals surface area (Å²) in [5.74, 6) is -1.30. The molecule has 0 unspecified atom stereocenters. The standard InChI is InChI=1S/C12H20O6S3/c13-10(6-19)16-3-1-9(5-18-12(15)8-21)2-4-17-11(14)7-20/h9,19-21H,1-8H2. The van der Waals surface area contributed by atoms with E-state index in [0.29, 0.717) is 12.8 Å². The van der Waals surface area contributed by atoms with Gasteiger partial charge in [0, 0.05) is 0 Å². The van der Waals surface area contributed by atoms with Crippen molar-refractivity contribution in [3.63, 3.8) is 0 Å². The van der Waals surface area contributed by atoms with Crippen LogP contribution in [-0.4, -0.2) is 55.0 Å². The van der Waals surface area contributed by atoms with Gasteiger partial charge in [-0.05, 0) is 18.8 Å². The van der Waals surface area contributed by atoms with Gasteiger partial charge in [0.1, 0.15) is 0 Å². The second-order valence-electron chi connectivity index (χ2n) is 4.04. The monoisotopic (exact) mass is 356 g/mol. The zero-order chi connectivity index (χ0) is 16.1. The molecule has 0 aromatic heterocycles. The lowest BCUT2D eigenvalue weighted by Gasteiger charge is -2.16. The molecule has 6 nitrogen and oxygen atoms in total. The zero-order valence-electron chi connectivity index (χ0n) is 11.5. The minimum atomic E-state index is -0.428. The average Bonchev–Trinajstić information content (AvgIpc) is 2.50. The van der Waals surface area contributed by atoms with Crippen LogP contribution in [0.2, 0.25) is 0 Å². The van der Waals surface area contributed by atoms with Crippen LogP contribution in [-0.2, 0) is 28.6 Å². The first-order valence-corrected chi connectivity index (χ1v) is 8.22. The predicted octanol–water partition coefficient (Wildman–Crippen LogP) is 0.802. The van der Waals surface area contributed by atoms with Crippen molar-refractivity contribution < 1.29 is 28.6 Å². The van der Waals surface area contributed by atoms with Gasteiger partial charge in [-0.3, -0.25) is 14.4 Å². The van der Waals surface area contributed by atoms with Crippen molar-refractivity contribution in [2.45, 2.75) is 12.8 Å². The maximum Gasteiger partial charge on any atom is 0.315 e. The van der Waals surface area contributed by atoms with Gasteiger partial charge < -0.3 is 14.2 Å².